The standard InChI is InChI=1S/C20H23NO6/c22-18(6-5-14-7-8-23-10-14)17-9-15(27-21-17)11-24-12-16-13-25-19-3-1-2-4-20(19)26-16/h1-4,9,14,16H,5-8,10-13H2. The number of nitrogens with zero attached hydrogens (tertiary/aromatic N) is 1. The third kappa shape index (κ3) is 4.67. The number of hydrogen-bond donors (Lipinski definition) is 0. The van der Waals surface area contributed by atoms with Crippen LogP contribution in [0, 0.1) is 5.92 Å². The van der Waals surface area contributed by atoms with E-state index in [-0.39, 0.29) is 18.5 Å². The Kier molecular flexibility index (Phi) is 5.69. The van der Waals surface area contributed by atoms with Crippen molar-refractivity contribution in [2.24, 2.45) is 5.92 Å². The molecule has 2 aliphatic heterocycles. The summed E-state index contributed by atoms with van der Waals surface area (Å²) in [4.78, 5) is 12.2. The van der Waals surface area contributed by atoms with Crippen molar-refractivity contribution in [2.45, 2.75) is 32.0 Å². The molecule has 4 rings (SSSR count). The Hall–Kier alpha value is -2.38. The first-order valence-corrected chi connectivity index (χ1v) is 9.30. The number of ketones is 1. The van der Waals surface area contributed by atoms with Gasteiger partial charge in [-0.25, -0.2) is 0 Å². The van der Waals surface area contributed by atoms with E-state index in [1.54, 1.807) is 6.07 Å². The molecule has 1 aromatic heterocycles. The van der Waals surface area contributed by atoms with Crippen LogP contribution in [-0.2, 0) is 16.1 Å². The minimum absolute atomic E-state index is 0.00230. The van der Waals surface area contributed by atoms with Crippen molar-refractivity contribution in [2.75, 3.05) is 26.4 Å². The summed E-state index contributed by atoms with van der Waals surface area (Å²) < 4.78 is 27.7. The number of carbonyl (C=O) groups excluding carboxylic acids is 1. The van der Waals surface area contributed by atoms with Gasteiger partial charge in [-0.2, -0.15) is 0 Å². The molecule has 144 valence electrons. The molecule has 0 aliphatic carbocycles. The van der Waals surface area contributed by atoms with Gasteiger partial charge in [-0.1, -0.05) is 17.3 Å². The van der Waals surface area contributed by atoms with Crippen molar-refractivity contribution < 1.29 is 28.3 Å². The Morgan fingerprint density at radius 3 is 2.96 bits per heavy atom. The Balaban J connectivity index is 1.20. The molecule has 0 radical (unpaired) electrons. The van der Waals surface area contributed by atoms with E-state index in [1.807, 2.05) is 24.3 Å². The lowest BCUT2D eigenvalue weighted by Gasteiger charge is -2.26. The van der Waals surface area contributed by atoms with Crippen molar-refractivity contribution in [3.05, 3.63) is 41.8 Å². The predicted octanol–water partition coefficient (Wildman–Crippen LogP) is 3.03. The van der Waals surface area contributed by atoms with Gasteiger partial charge in [-0.05, 0) is 30.9 Å². The molecule has 0 N–H and O–H groups in total. The van der Waals surface area contributed by atoms with Gasteiger partial charge >= 0.3 is 0 Å². The maximum absolute atomic E-state index is 12.2. The fourth-order valence-electron chi connectivity index (χ4n) is 3.22. The fourth-order valence-corrected chi connectivity index (χ4v) is 3.22. The minimum Gasteiger partial charge on any atom is -0.486 e. The van der Waals surface area contributed by atoms with E-state index in [2.05, 4.69) is 5.16 Å². The summed E-state index contributed by atoms with van der Waals surface area (Å²) in [7, 11) is 0. The summed E-state index contributed by atoms with van der Waals surface area (Å²) in [6.45, 7) is 2.58. The number of rotatable bonds is 8. The summed E-state index contributed by atoms with van der Waals surface area (Å²) in [5, 5.41) is 3.86. The number of fused-ring (bicyclic) bond motifs is 1. The van der Waals surface area contributed by atoms with Crippen molar-refractivity contribution in [3.63, 3.8) is 0 Å². The van der Waals surface area contributed by atoms with Gasteiger partial charge < -0.3 is 23.5 Å². The van der Waals surface area contributed by atoms with Gasteiger partial charge in [0.15, 0.2) is 29.1 Å². The second-order valence-electron chi connectivity index (χ2n) is 6.88. The highest BCUT2D eigenvalue weighted by Gasteiger charge is 2.22. The Morgan fingerprint density at radius 1 is 1.22 bits per heavy atom. The van der Waals surface area contributed by atoms with E-state index in [1.165, 1.54) is 0 Å². The Bertz CT molecular complexity index is 767. The van der Waals surface area contributed by atoms with E-state index >= 15 is 0 Å². The highest BCUT2D eigenvalue weighted by Crippen LogP contribution is 2.30. The van der Waals surface area contributed by atoms with Crippen molar-refractivity contribution in [1.29, 1.82) is 0 Å². The van der Waals surface area contributed by atoms with Gasteiger partial charge in [-0.15, -0.1) is 0 Å². The topological polar surface area (TPSA) is 80.0 Å². The number of carbonyl (C=O) groups is 1. The molecule has 2 unspecified atom stereocenters. The summed E-state index contributed by atoms with van der Waals surface area (Å²) in [6.07, 6.45) is 2.14. The quantitative estimate of drug-likeness (QED) is 0.658. The monoisotopic (exact) mass is 373 g/mol. The molecule has 2 aromatic rings. The predicted molar refractivity (Wildman–Crippen MR) is 95.0 cm³/mol. The lowest BCUT2D eigenvalue weighted by molar-refractivity contribution is -0.00264. The highest BCUT2D eigenvalue weighted by atomic mass is 16.6. The normalized spacial score (nSPS) is 21.3. The molecular formula is C20H23NO6. The first-order valence-electron chi connectivity index (χ1n) is 9.30. The third-order valence-electron chi connectivity index (χ3n) is 4.76. The Labute approximate surface area is 157 Å². The molecule has 7 nitrogen and oxygen atoms in total. The number of ether oxygens (including phenoxy) is 4. The molecular weight excluding hydrogens is 350 g/mol. The highest BCUT2D eigenvalue weighted by molar-refractivity contribution is 5.94. The van der Waals surface area contributed by atoms with Crippen LogP contribution >= 0.6 is 0 Å². The molecule has 0 spiro atoms. The van der Waals surface area contributed by atoms with Crippen LogP contribution in [0.1, 0.15) is 35.5 Å². The van der Waals surface area contributed by atoms with Gasteiger partial charge in [-0.3, -0.25) is 4.79 Å². The first kappa shape index (κ1) is 18.0. The molecule has 2 atom stereocenters. The zero-order valence-electron chi connectivity index (χ0n) is 15.1. The van der Waals surface area contributed by atoms with Crippen LogP contribution in [0.3, 0.4) is 0 Å². The van der Waals surface area contributed by atoms with Crippen molar-refractivity contribution in [3.8, 4) is 11.5 Å². The third-order valence-corrected chi connectivity index (χ3v) is 4.76. The van der Waals surface area contributed by atoms with Gasteiger partial charge in [0.05, 0.1) is 6.61 Å². The molecule has 0 bridgehead atoms. The molecule has 3 heterocycles. The van der Waals surface area contributed by atoms with Crippen molar-refractivity contribution in [1.82, 2.24) is 5.16 Å². The van der Waals surface area contributed by atoms with Crippen LogP contribution in [0.5, 0.6) is 11.5 Å². The fraction of sp³-hybridized carbons (Fsp3) is 0.500. The first-order chi connectivity index (χ1) is 13.3. The van der Waals surface area contributed by atoms with Crippen LogP contribution in [0.2, 0.25) is 0 Å². The number of Topliss-reactive ketones (excluding diaryl/α,β-unsaturated/α-hetero) is 1. The van der Waals surface area contributed by atoms with Crippen LogP contribution < -0.4 is 9.47 Å². The minimum atomic E-state index is -0.183. The zero-order chi connectivity index (χ0) is 18.5. The largest absolute Gasteiger partial charge is 0.486 e. The molecule has 27 heavy (non-hydrogen) atoms. The molecule has 0 amide bonds. The van der Waals surface area contributed by atoms with Crippen LogP contribution in [0.4, 0.5) is 0 Å². The maximum Gasteiger partial charge on any atom is 0.184 e. The summed E-state index contributed by atoms with van der Waals surface area (Å²) in [5.41, 5.74) is 0.360. The van der Waals surface area contributed by atoms with E-state index in [4.69, 9.17) is 23.5 Å². The molecule has 0 saturated carbocycles. The van der Waals surface area contributed by atoms with Crippen LogP contribution in [0.15, 0.2) is 34.9 Å². The lowest BCUT2D eigenvalue weighted by atomic mass is 10.00. The molecule has 1 fully saturated rings. The summed E-state index contributed by atoms with van der Waals surface area (Å²) >= 11 is 0. The van der Waals surface area contributed by atoms with Gasteiger partial charge in [0.25, 0.3) is 0 Å². The summed E-state index contributed by atoms with van der Waals surface area (Å²) in [5.74, 6) is 2.47. The molecule has 1 saturated heterocycles. The van der Waals surface area contributed by atoms with Gasteiger partial charge in [0, 0.05) is 25.7 Å². The summed E-state index contributed by atoms with van der Waals surface area (Å²) in [6, 6.07) is 9.20. The van der Waals surface area contributed by atoms with E-state index in [0.717, 1.165) is 37.6 Å². The van der Waals surface area contributed by atoms with E-state index < -0.39 is 0 Å². The zero-order valence-corrected chi connectivity index (χ0v) is 15.1. The number of para-hydroxylation sites is 2. The molecule has 2 aliphatic rings. The van der Waals surface area contributed by atoms with Crippen molar-refractivity contribution >= 4 is 5.78 Å². The second kappa shape index (κ2) is 8.54. The molecule has 1 aromatic carbocycles. The van der Waals surface area contributed by atoms with Crippen LogP contribution in [-0.4, -0.2) is 43.5 Å². The number of benzene rings is 1. The number of hydrogen-bond acceptors (Lipinski definition) is 7. The second-order valence-corrected chi connectivity index (χ2v) is 6.88. The number of aromatic nitrogens is 1. The average Bonchev–Trinajstić information content (AvgIpc) is 3.38. The van der Waals surface area contributed by atoms with Crippen LogP contribution in [0.25, 0.3) is 0 Å². The van der Waals surface area contributed by atoms with Gasteiger partial charge in [0.2, 0.25) is 0 Å². The van der Waals surface area contributed by atoms with E-state index in [9.17, 15) is 4.79 Å². The Morgan fingerprint density at radius 2 is 2.11 bits per heavy atom. The smallest absolute Gasteiger partial charge is 0.184 e. The SMILES string of the molecule is O=C(CCC1CCOC1)c1cc(COCC2COc3ccccc3O2)on1. The maximum atomic E-state index is 12.2. The lowest BCUT2D eigenvalue weighted by Crippen LogP contribution is -2.33. The average molecular weight is 373 g/mol. The molecule has 7 heteroatoms. The van der Waals surface area contributed by atoms with E-state index in [0.29, 0.717) is 37.0 Å². The van der Waals surface area contributed by atoms with Gasteiger partial charge in [0.1, 0.15) is 18.9 Å².